The zero-order valence-corrected chi connectivity index (χ0v) is 12.7. The van der Waals surface area contributed by atoms with Crippen LogP contribution in [0.25, 0.3) is 0 Å². The van der Waals surface area contributed by atoms with Crippen molar-refractivity contribution in [3.05, 3.63) is 0 Å². The predicted octanol–water partition coefficient (Wildman–Crippen LogP) is -0.183. The molecule has 0 N–H and O–H groups in total. The molecule has 0 aliphatic carbocycles. The first-order chi connectivity index (χ1) is 6.29. The topological polar surface area (TPSA) is 26.3 Å². The molecule has 0 saturated carbocycles. The van der Waals surface area contributed by atoms with Crippen LogP contribution >= 0.6 is 0 Å². The van der Waals surface area contributed by atoms with Gasteiger partial charge in [0.2, 0.25) is 0 Å². The second-order valence-electron chi connectivity index (χ2n) is 3.54. The molecule has 1 atom stereocenters. The Morgan fingerprint density at radius 1 is 1.33 bits per heavy atom. The average molecular weight is 250 g/mol. The maximum atomic E-state index is 12.4. The smallest absolute Gasteiger partial charge is 0.466 e. The molecule has 2 nitrogen and oxygen atoms in total. The Bertz CT molecular complexity index is 197. The molecule has 0 rings (SSSR count). The standard InChI is InChI=1S/C8H15BF3O2.K/c1-4-14-8(13)5-7(6(2)3)9(10,11)12;/h6-7H,4-5H2,1-3H3;/q-1;+1. The van der Waals surface area contributed by atoms with Crippen molar-refractivity contribution in [1.82, 2.24) is 0 Å². The summed E-state index contributed by atoms with van der Waals surface area (Å²) >= 11 is 0. The van der Waals surface area contributed by atoms with Gasteiger partial charge in [-0.1, -0.05) is 25.6 Å². The second-order valence-corrected chi connectivity index (χ2v) is 3.54. The molecule has 0 radical (unpaired) electrons. The van der Waals surface area contributed by atoms with Crippen LogP contribution in [0.3, 0.4) is 0 Å². The molecule has 0 aliphatic heterocycles. The number of esters is 1. The molecule has 0 bridgehead atoms. The molecule has 84 valence electrons. The average Bonchev–Trinajstić information content (AvgIpc) is 1.98. The van der Waals surface area contributed by atoms with Crippen molar-refractivity contribution in [2.45, 2.75) is 33.0 Å². The van der Waals surface area contributed by atoms with Crippen LogP contribution < -0.4 is 51.4 Å². The van der Waals surface area contributed by atoms with Crippen molar-refractivity contribution in [2.75, 3.05) is 6.61 Å². The number of carbonyl (C=O) groups excluding carboxylic acids is 1. The van der Waals surface area contributed by atoms with E-state index >= 15 is 0 Å². The summed E-state index contributed by atoms with van der Waals surface area (Å²) in [7, 11) is 0. The minimum absolute atomic E-state index is 0. The van der Waals surface area contributed by atoms with Crippen molar-refractivity contribution in [1.29, 1.82) is 0 Å². The molecule has 0 saturated heterocycles. The summed E-state index contributed by atoms with van der Waals surface area (Å²) < 4.78 is 41.8. The third kappa shape index (κ3) is 7.79. The van der Waals surface area contributed by atoms with Gasteiger partial charge < -0.3 is 17.7 Å². The summed E-state index contributed by atoms with van der Waals surface area (Å²) in [6.45, 7) is -0.362. The van der Waals surface area contributed by atoms with E-state index in [-0.39, 0.29) is 58.0 Å². The van der Waals surface area contributed by atoms with E-state index in [4.69, 9.17) is 0 Å². The zero-order chi connectivity index (χ0) is 11.4. The van der Waals surface area contributed by atoms with Crippen LogP contribution in [0.2, 0.25) is 5.82 Å². The van der Waals surface area contributed by atoms with E-state index in [1.165, 1.54) is 13.8 Å². The molecule has 0 aliphatic rings. The van der Waals surface area contributed by atoms with Crippen LogP contribution in [0.5, 0.6) is 0 Å². The number of rotatable bonds is 5. The normalized spacial score (nSPS) is 13.3. The fourth-order valence-corrected chi connectivity index (χ4v) is 1.22. The fourth-order valence-electron chi connectivity index (χ4n) is 1.22. The molecule has 0 aromatic carbocycles. The Morgan fingerprint density at radius 2 is 1.80 bits per heavy atom. The fraction of sp³-hybridized carbons (Fsp3) is 0.875. The number of ether oxygens (including phenoxy) is 1. The van der Waals surface area contributed by atoms with E-state index in [0.717, 1.165) is 0 Å². The molecular weight excluding hydrogens is 235 g/mol. The van der Waals surface area contributed by atoms with Gasteiger partial charge in [0.1, 0.15) is 0 Å². The summed E-state index contributed by atoms with van der Waals surface area (Å²) in [6, 6.07) is 0. The van der Waals surface area contributed by atoms with Crippen molar-refractivity contribution in [3.63, 3.8) is 0 Å². The van der Waals surface area contributed by atoms with Crippen LogP contribution in [-0.2, 0) is 9.53 Å². The van der Waals surface area contributed by atoms with Gasteiger partial charge in [-0.05, 0) is 6.92 Å². The molecule has 0 fully saturated rings. The SMILES string of the molecule is CCOC(=O)CC(C(C)C)[B-](F)(F)F.[K+]. The van der Waals surface area contributed by atoms with Gasteiger partial charge in [0.15, 0.2) is 0 Å². The summed E-state index contributed by atoms with van der Waals surface area (Å²) in [5.41, 5.74) is 0. The minimum atomic E-state index is -4.97. The maximum absolute atomic E-state index is 12.4. The van der Waals surface area contributed by atoms with E-state index in [0.29, 0.717) is 0 Å². The van der Waals surface area contributed by atoms with Gasteiger partial charge in [0.25, 0.3) is 0 Å². The second kappa shape index (κ2) is 8.11. The summed E-state index contributed by atoms with van der Waals surface area (Å²) in [5, 5.41) is 0. The van der Waals surface area contributed by atoms with Crippen LogP contribution in [0, 0.1) is 5.92 Å². The molecule has 0 aromatic heterocycles. The Labute approximate surface area is 131 Å². The third-order valence-corrected chi connectivity index (χ3v) is 2.05. The van der Waals surface area contributed by atoms with Crippen LogP contribution in [0.4, 0.5) is 12.9 Å². The number of carbonyl (C=O) groups is 1. The van der Waals surface area contributed by atoms with Gasteiger partial charge >= 0.3 is 64.3 Å². The predicted molar refractivity (Wildman–Crippen MR) is 48.9 cm³/mol. The molecule has 15 heavy (non-hydrogen) atoms. The van der Waals surface area contributed by atoms with E-state index in [1.54, 1.807) is 6.92 Å². The summed E-state index contributed by atoms with van der Waals surface area (Å²) in [4.78, 5) is 10.9. The van der Waals surface area contributed by atoms with E-state index in [9.17, 15) is 17.7 Å². The Balaban J connectivity index is 0. The molecule has 1 unspecified atom stereocenters. The van der Waals surface area contributed by atoms with Gasteiger partial charge in [-0.15, -0.1) is 0 Å². The molecule has 0 spiro atoms. The first-order valence-corrected chi connectivity index (χ1v) is 4.64. The molecule has 0 amide bonds. The summed E-state index contributed by atoms with van der Waals surface area (Å²) in [6.07, 6.45) is -0.561. The van der Waals surface area contributed by atoms with Crippen molar-refractivity contribution in [3.8, 4) is 0 Å². The molecular formula is C8H15BF3KO2. The maximum Gasteiger partial charge on any atom is 1.00 e. The van der Waals surface area contributed by atoms with Crippen molar-refractivity contribution >= 4 is 12.9 Å². The first kappa shape index (κ1) is 18.3. The molecule has 0 heterocycles. The van der Waals surface area contributed by atoms with Gasteiger partial charge in [-0.3, -0.25) is 4.79 Å². The van der Waals surface area contributed by atoms with Crippen LogP contribution in [-0.4, -0.2) is 19.6 Å². The van der Waals surface area contributed by atoms with E-state index in [1.807, 2.05) is 0 Å². The summed E-state index contributed by atoms with van der Waals surface area (Å²) in [5.74, 6) is -2.90. The van der Waals surface area contributed by atoms with Gasteiger partial charge in [-0.25, -0.2) is 0 Å². The molecule has 7 heteroatoms. The first-order valence-electron chi connectivity index (χ1n) is 4.64. The van der Waals surface area contributed by atoms with E-state index in [2.05, 4.69) is 4.74 Å². The number of hydrogen-bond acceptors (Lipinski definition) is 2. The van der Waals surface area contributed by atoms with Crippen molar-refractivity contribution in [2.24, 2.45) is 5.92 Å². The third-order valence-electron chi connectivity index (χ3n) is 2.05. The van der Waals surface area contributed by atoms with E-state index < -0.39 is 31.1 Å². The minimum Gasteiger partial charge on any atom is -0.466 e. The zero-order valence-electron chi connectivity index (χ0n) is 9.60. The Hall–Kier alpha value is 0.961. The van der Waals surface area contributed by atoms with Crippen LogP contribution in [0.1, 0.15) is 27.2 Å². The monoisotopic (exact) mass is 250 g/mol. The number of halogens is 3. The number of hydrogen-bond donors (Lipinski definition) is 0. The van der Waals surface area contributed by atoms with Crippen molar-refractivity contribution < 1.29 is 73.9 Å². The quantitative estimate of drug-likeness (QED) is 0.499. The van der Waals surface area contributed by atoms with Gasteiger partial charge in [0, 0.05) is 6.42 Å². The largest absolute Gasteiger partial charge is 1.00 e. The molecule has 0 aromatic rings. The Kier molecular flexibility index (Phi) is 9.91. The van der Waals surface area contributed by atoms with Gasteiger partial charge in [0.05, 0.1) is 6.61 Å². The van der Waals surface area contributed by atoms with Gasteiger partial charge in [-0.2, -0.15) is 0 Å². The van der Waals surface area contributed by atoms with Crippen LogP contribution in [0.15, 0.2) is 0 Å². The Morgan fingerprint density at radius 3 is 2.07 bits per heavy atom.